The molecule has 0 aromatic heterocycles. The molecular weight excluding hydrogens is 264 g/mol. The molecular formula is C17H26N2O2. The highest BCUT2D eigenvalue weighted by Crippen LogP contribution is 2.25. The highest BCUT2D eigenvalue weighted by Gasteiger charge is 2.26. The number of nitrogens with one attached hydrogen (secondary N) is 2. The summed E-state index contributed by atoms with van der Waals surface area (Å²) in [5.74, 6) is 0.136. The van der Waals surface area contributed by atoms with Gasteiger partial charge in [0.1, 0.15) is 0 Å². The minimum Gasteiger partial charge on any atom is -0.396 e. The Morgan fingerprint density at radius 3 is 2.71 bits per heavy atom. The Bertz CT molecular complexity index is 474. The van der Waals surface area contributed by atoms with Gasteiger partial charge >= 0.3 is 0 Å². The first-order valence-corrected chi connectivity index (χ1v) is 7.89. The van der Waals surface area contributed by atoms with Crippen molar-refractivity contribution < 1.29 is 9.90 Å². The van der Waals surface area contributed by atoms with E-state index in [4.69, 9.17) is 0 Å². The van der Waals surface area contributed by atoms with Crippen molar-refractivity contribution in [3.63, 3.8) is 0 Å². The van der Waals surface area contributed by atoms with Crippen molar-refractivity contribution >= 4 is 11.6 Å². The zero-order chi connectivity index (χ0) is 15.2. The molecule has 0 saturated heterocycles. The highest BCUT2D eigenvalue weighted by molar-refractivity contribution is 5.99. The predicted molar refractivity (Wildman–Crippen MR) is 85.5 cm³/mol. The summed E-state index contributed by atoms with van der Waals surface area (Å²) in [6.45, 7) is 4.26. The highest BCUT2D eigenvalue weighted by atomic mass is 16.3. The van der Waals surface area contributed by atoms with Crippen molar-refractivity contribution in [3.05, 3.63) is 29.8 Å². The number of hydrogen-bond donors (Lipinski definition) is 3. The number of anilines is 1. The van der Waals surface area contributed by atoms with E-state index in [1.807, 2.05) is 24.3 Å². The van der Waals surface area contributed by atoms with Crippen LogP contribution in [0.3, 0.4) is 0 Å². The lowest BCUT2D eigenvalue weighted by Crippen LogP contribution is -2.43. The van der Waals surface area contributed by atoms with E-state index >= 15 is 0 Å². The zero-order valence-electron chi connectivity index (χ0n) is 12.9. The second-order valence-electron chi connectivity index (χ2n) is 6.15. The third kappa shape index (κ3) is 4.21. The molecule has 1 fully saturated rings. The quantitative estimate of drug-likeness (QED) is 0.781. The molecule has 1 amide bonds. The molecule has 1 aliphatic carbocycles. The van der Waals surface area contributed by atoms with Gasteiger partial charge in [-0.05, 0) is 38.8 Å². The fourth-order valence-corrected chi connectivity index (χ4v) is 2.98. The van der Waals surface area contributed by atoms with Gasteiger partial charge in [0.05, 0.1) is 5.56 Å². The third-order valence-electron chi connectivity index (χ3n) is 4.08. The van der Waals surface area contributed by atoms with Crippen LogP contribution in [0.25, 0.3) is 0 Å². The Morgan fingerprint density at radius 2 is 2.00 bits per heavy atom. The third-order valence-corrected chi connectivity index (χ3v) is 4.08. The van der Waals surface area contributed by atoms with E-state index < -0.39 is 0 Å². The summed E-state index contributed by atoms with van der Waals surface area (Å²) in [5.41, 5.74) is 1.54. The first-order chi connectivity index (χ1) is 10.1. The van der Waals surface area contributed by atoms with Crippen molar-refractivity contribution in [2.45, 2.75) is 51.6 Å². The lowest BCUT2D eigenvalue weighted by atomic mass is 9.85. The number of para-hydroxylation sites is 1. The van der Waals surface area contributed by atoms with Crippen molar-refractivity contribution in [3.8, 4) is 0 Å². The molecule has 3 N–H and O–H groups in total. The van der Waals surface area contributed by atoms with Crippen molar-refractivity contribution in [1.82, 2.24) is 5.32 Å². The van der Waals surface area contributed by atoms with Crippen LogP contribution in [0.15, 0.2) is 24.3 Å². The molecule has 1 aliphatic rings. The standard InChI is InChI=1S/C17H26N2O2/c1-12(2)18-16-10-6-4-8-14(16)17(21)19-15-9-5-3-7-13(15)11-20/h4,6,8,10,12-13,15,18,20H,3,5,7,9,11H2,1-2H3,(H,19,21). The lowest BCUT2D eigenvalue weighted by molar-refractivity contribution is 0.0873. The summed E-state index contributed by atoms with van der Waals surface area (Å²) >= 11 is 0. The summed E-state index contributed by atoms with van der Waals surface area (Å²) in [5, 5.41) is 15.9. The molecule has 1 saturated carbocycles. The maximum Gasteiger partial charge on any atom is 0.253 e. The largest absolute Gasteiger partial charge is 0.396 e. The minimum atomic E-state index is -0.0518. The van der Waals surface area contributed by atoms with Crippen LogP contribution in [0.5, 0.6) is 0 Å². The molecule has 2 atom stereocenters. The number of aliphatic hydroxyl groups excluding tert-OH is 1. The Balaban J connectivity index is 2.09. The molecule has 4 nitrogen and oxygen atoms in total. The van der Waals surface area contributed by atoms with Crippen LogP contribution in [0, 0.1) is 5.92 Å². The van der Waals surface area contributed by atoms with Crippen LogP contribution in [-0.4, -0.2) is 29.7 Å². The number of amides is 1. The fraction of sp³-hybridized carbons (Fsp3) is 0.588. The van der Waals surface area contributed by atoms with Gasteiger partial charge in [0.25, 0.3) is 5.91 Å². The van der Waals surface area contributed by atoms with Gasteiger partial charge < -0.3 is 15.7 Å². The lowest BCUT2D eigenvalue weighted by Gasteiger charge is -2.31. The summed E-state index contributed by atoms with van der Waals surface area (Å²) in [6, 6.07) is 7.95. The Labute approximate surface area is 126 Å². The molecule has 4 heteroatoms. The summed E-state index contributed by atoms with van der Waals surface area (Å²) in [4.78, 5) is 12.5. The van der Waals surface area contributed by atoms with E-state index in [1.165, 1.54) is 0 Å². The first-order valence-electron chi connectivity index (χ1n) is 7.89. The number of carbonyl (C=O) groups is 1. The normalized spacial score (nSPS) is 22.1. The van der Waals surface area contributed by atoms with Gasteiger partial charge in [-0.1, -0.05) is 25.0 Å². The molecule has 0 spiro atoms. The van der Waals surface area contributed by atoms with Gasteiger partial charge in [-0.15, -0.1) is 0 Å². The number of aliphatic hydroxyl groups is 1. The summed E-state index contributed by atoms with van der Waals surface area (Å²) in [7, 11) is 0. The van der Waals surface area contributed by atoms with Crippen LogP contribution >= 0.6 is 0 Å². The monoisotopic (exact) mass is 290 g/mol. The fourth-order valence-electron chi connectivity index (χ4n) is 2.98. The van der Waals surface area contributed by atoms with E-state index in [2.05, 4.69) is 24.5 Å². The Hall–Kier alpha value is -1.55. The first kappa shape index (κ1) is 15.8. The molecule has 0 radical (unpaired) electrons. The van der Waals surface area contributed by atoms with Crippen LogP contribution in [0.2, 0.25) is 0 Å². The molecule has 0 heterocycles. The molecule has 2 unspecified atom stereocenters. The molecule has 1 aromatic rings. The van der Waals surface area contributed by atoms with Crippen LogP contribution in [-0.2, 0) is 0 Å². The number of carbonyl (C=O) groups excluding carboxylic acids is 1. The summed E-state index contributed by atoms with van der Waals surface area (Å²) < 4.78 is 0. The van der Waals surface area contributed by atoms with Crippen LogP contribution in [0.4, 0.5) is 5.69 Å². The van der Waals surface area contributed by atoms with E-state index in [-0.39, 0.29) is 30.5 Å². The van der Waals surface area contributed by atoms with Crippen LogP contribution < -0.4 is 10.6 Å². The zero-order valence-corrected chi connectivity index (χ0v) is 12.9. The maximum atomic E-state index is 12.5. The Morgan fingerprint density at radius 1 is 1.29 bits per heavy atom. The molecule has 2 rings (SSSR count). The topological polar surface area (TPSA) is 61.4 Å². The molecule has 21 heavy (non-hydrogen) atoms. The van der Waals surface area contributed by atoms with E-state index in [0.29, 0.717) is 5.56 Å². The smallest absolute Gasteiger partial charge is 0.253 e. The predicted octanol–water partition coefficient (Wildman–Crippen LogP) is 2.79. The van der Waals surface area contributed by atoms with Gasteiger partial charge in [-0.2, -0.15) is 0 Å². The van der Waals surface area contributed by atoms with Gasteiger partial charge in [-0.3, -0.25) is 4.79 Å². The van der Waals surface area contributed by atoms with E-state index in [1.54, 1.807) is 0 Å². The maximum absolute atomic E-state index is 12.5. The average molecular weight is 290 g/mol. The average Bonchev–Trinajstić information content (AvgIpc) is 2.47. The van der Waals surface area contributed by atoms with E-state index in [9.17, 15) is 9.90 Å². The summed E-state index contributed by atoms with van der Waals surface area (Å²) in [6.07, 6.45) is 4.21. The second kappa shape index (κ2) is 7.46. The molecule has 1 aromatic carbocycles. The van der Waals surface area contributed by atoms with Gasteiger partial charge in [-0.25, -0.2) is 0 Å². The van der Waals surface area contributed by atoms with Gasteiger partial charge in [0, 0.05) is 30.3 Å². The molecule has 0 aliphatic heterocycles. The second-order valence-corrected chi connectivity index (χ2v) is 6.15. The van der Waals surface area contributed by atoms with Crippen molar-refractivity contribution in [2.24, 2.45) is 5.92 Å². The SMILES string of the molecule is CC(C)Nc1ccccc1C(=O)NC1CCCCC1CO. The van der Waals surface area contributed by atoms with Crippen molar-refractivity contribution in [1.29, 1.82) is 0 Å². The Kier molecular flexibility index (Phi) is 5.62. The van der Waals surface area contributed by atoms with Gasteiger partial charge in [0.15, 0.2) is 0 Å². The molecule has 0 bridgehead atoms. The van der Waals surface area contributed by atoms with Gasteiger partial charge in [0.2, 0.25) is 0 Å². The van der Waals surface area contributed by atoms with E-state index in [0.717, 1.165) is 31.4 Å². The van der Waals surface area contributed by atoms with Crippen LogP contribution in [0.1, 0.15) is 49.9 Å². The number of rotatable bonds is 5. The molecule has 116 valence electrons. The number of hydrogen-bond acceptors (Lipinski definition) is 3. The minimum absolute atomic E-state index is 0.0518. The number of benzene rings is 1. The van der Waals surface area contributed by atoms with Crippen molar-refractivity contribution in [2.75, 3.05) is 11.9 Å².